The Morgan fingerprint density at radius 1 is 1.13 bits per heavy atom. The van der Waals surface area contributed by atoms with E-state index in [-0.39, 0.29) is 18.8 Å². The molecule has 0 unspecified atom stereocenters. The smallest absolute Gasteiger partial charge is 0.270 e. The number of carbonyl (C=O) groups excluding carboxylic acids is 1. The Morgan fingerprint density at radius 2 is 2.07 bits per heavy atom. The number of aromatic nitrogens is 2. The first kappa shape index (κ1) is 17.9. The third kappa shape index (κ3) is 3.05. The maximum absolute atomic E-state index is 12.6. The van der Waals surface area contributed by atoms with Crippen molar-refractivity contribution in [3.8, 4) is 11.5 Å². The Kier molecular flexibility index (Phi) is 4.24. The maximum Gasteiger partial charge on any atom is 0.270 e. The molecule has 2 saturated heterocycles. The summed E-state index contributed by atoms with van der Waals surface area (Å²) in [5.74, 6) is 2.85. The standard InChI is InChI=1S/C21H23N5O4/c27-21-19-13(3-4-23-21)20(26-9-14-17(10-26)28-6-5-22-14)25-18(24-19)8-12-1-2-15-16(7-12)30-11-29-15/h1-2,7,14,17,22H,3-6,8-11H2,(H,23,27)/t14-,17-/m0/s1. The fourth-order valence-electron chi connectivity index (χ4n) is 4.66. The average Bonchev–Trinajstić information content (AvgIpc) is 3.40. The predicted molar refractivity (Wildman–Crippen MR) is 107 cm³/mol. The zero-order valence-corrected chi connectivity index (χ0v) is 16.5. The molecule has 1 amide bonds. The first-order valence-corrected chi connectivity index (χ1v) is 10.4. The molecule has 9 nitrogen and oxygen atoms in total. The Hall–Kier alpha value is -2.91. The normalized spacial score (nSPS) is 24.4. The number of hydrogen-bond donors (Lipinski definition) is 2. The molecule has 2 N–H and O–H groups in total. The molecule has 0 bridgehead atoms. The van der Waals surface area contributed by atoms with Crippen molar-refractivity contribution in [1.82, 2.24) is 20.6 Å². The number of morpholine rings is 1. The number of amides is 1. The van der Waals surface area contributed by atoms with E-state index in [4.69, 9.17) is 19.2 Å². The fraction of sp³-hybridized carbons (Fsp3) is 0.476. The van der Waals surface area contributed by atoms with E-state index in [0.29, 0.717) is 30.5 Å². The Morgan fingerprint density at radius 3 is 3.00 bits per heavy atom. The highest BCUT2D eigenvalue weighted by molar-refractivity contribution is 5.96. The highest BCUT2D eigenvalue weighted by Crippen LogP contribution is 2.34. The average molecular weight is 409 g/mol. The van der Waals surface area contributed by atoms with Crippen molar-refractivity contribution in [2.45, 2.75) is 25.0 Å². The molecule has 6 rings (SSSR count). The van der Waals surface area contributed by atoms with E-state index in [2.05, 4.69) is 20.5 Å². The summed E-state index contributed by atoms with van der Waals surface area (Å²) in [5, 5.41) is 6.44. The van der Waals surface area contributed by atoms with Crippen LogP contribution in [0.5, 0.6) is 11.5 Å². The first-order chi connectivity index (χ1) is 14.7. The Balaban J connectivity index is 1.35. The summed E-state index contributed by atoms with van der Waals surface area (Å²) in [5.41, 5.74) is 2.44. The number of ether oxygens (including phenoxy) is 3. The molecule has 4 aliphatic rings. The van der Waals surface area contributed by atoms with Crippen LogP contribution in [0.2, 0.25) is 0 Å². The van der Waals surface area contributed by atoms with Gasteiger partial charge in [-0.15, -0.1) is 0 Å². The van der Waals surface area contributed by atoms with Gasteiger partial charge < -0.3 is 29.7 Å². The zero-order chi connectivity index (χ0) is 20.1. The van der Waals surface area contributed by atoms with Gasteiger partial charge in [0, 0.05) is 38.2 Å². The number of nitrogens with zero attached hydrogens (tertiary/aromatic N) is 3. The van der Waals surface area contributed by atoms with Crippen LogP contribution in [0, 0.1) is 0 Å². The minimum absolute atomic E-state index is 0.127. The Labute approximate surface area is 173 Å². The minimum Gasteiger partial charge on any atom is -0.454 e. The van der Waals surface area contributed by atoms with Gasteiger partial charge in [0.25, 0.3) is 5.91 Å². The molecule has 4 aliphatic heterocycles. The summed E-state index contributed by atoms with van der Waals surface area (Å²) in [4.78, 5) is 24.4. The Bertz CT molecular complexity index is 999. The number of anilines is 1. The van der Waals surface area contributed by atoms with Gasteiger partial charge in [-0.05, 0) is 24.1 Å². The van der Waals surface area contributed by atoms with Crippen molar-refractivity contribution in [3.05, 3.63) is 40.8 Å². The van der Waals surface area contributed by atoms with Crippen molar-refractivity contribution in [3.63, 3.8) is 0 Å². The summed E-state index contributed by atoms with van der Waals surface area (Å²) in [6, 6.07) is 6.13. The lowest BCUT2D eigenvalue weighted by Crippen LogP contribution is -2.47. The fourth-order valence-corrected chi connectivity index (χ4v) is 4.66. The van der Waals surface area contributed by atoms with Crippen molar-refractivity contribution < 1.29 is 19.0 Å². The second-order valence-electron chi connectivity index (χ2n) is 8.04. The molecule has 9 heteroatoms. The molecule has 30 heavy (non-hydrogen) atoms. The number of fused-ring (bicyclic) bond motifs is 3. The third-order valence-corrected chi connectivity index (χ3v) is 6.11. The van der Waals surface area contributed by atoms with E-state index in [0.717, 1.165) is 61.1 Å². The zero-order valence-electron chi connectivity index (χ0n) is 16.5. The van der Waals surface area contributed by atoms with Gasteiger partial charge in [0.15, 0.2) is 11.5 Å². The SMILES string of the molecule is O=C1NCCc2c1nc(Cc1ccc3c(c1)OCO3)nc2N1C[C@@H]2NCCO[C@H]2C1. The van der Waals surface area contributed by atoms with Gasteiger partial charge in [0.1, 0.15) is 17.3 Å². The molecule has 0 radical (unpaired) electrons. The molecule has 156 valence electrons. The first-order valence-electron chi connectivity index (χ1n) is 10.4. The summed E-state index contributed by atoms with van der Waals surface area (Å²) < 4.78 is 16.8. The maximum atomic E-state index is 12.6. The van der Waals surface area contributed by atoms with Gasteiger partial charge in [-0.3, -0.25) is 4.79 Å². The van der Waals surface area contributed by atoms with Crippen molar-refractivity contribution in [2.75, 3.05) is 44.5 Å². The van der Waals surface area contributed by atoms with E-state index in [9.17, 15) is 4.79 Å². The topological polar surface area (TPSA) is 97.8 Å². The quantitative estimate of drug-likeness (QED) is 0.745. The lowest BCUT2D eigenvalue weighted by atomic mass is 10.0. The lowest BCUT2D eigenvalue weighted by Gasteiger charge is -2.25. The van der Waals surface area contributed by atoms with E-state index in [1.54, 1.807) is 0 Å². The highest BCUT2D eigenvalue weighted by atomic mass is 16.7. The predicted octanol–water partition coefficient (Wildman–Crippen LogP) is 0.259. The number of rotatable bonds is 3. The number of nitrogens with one attached hydrogen (secondary N) is 2. The third-order valence-electron chi connectivity index (χ3n) is 6.11. The second kappa shape index (κ2) is 7.10. The van der Waals surface area contributed by atoms with Gasteiger partial charge >= 0.3 is 0 Å². The van der Waals surface area contributed by atoms with Crippen LogP contribution in [0.25, 0.3) is 0 Å². The molecule has 0 saturated carbocycles. The molecule has 2 aromatic rings. The largest absolute Gasteiger partial charge is 0.454 e. The number of benzene rings is 1. The molecule has 0 aliphatic carbocycles. The van der Waals surface area contributed by atoms with Gasteiger partial charge in [-0.1, -0.05) is 6.07 Å². The van der Waals surface area contributed by atoms with Crippen LogP contribution < -0.4 is 25.0 Å². The molecule has 1 aromatic carbocycles. The molecule has 2 fully saturated rings. The van der Waals surface area contributed by atoms with Crippen LogP contribution >= 0.6 is 0 Å². The van der Waals surface area contributed by atoms with E-state index >= 15 is 0 Å². The minimum atomic E-state index is -0.127. The van der Waals surface area contributed by atoms with Crippen LogP contribution in [0.3, 0.4) is 0 Å². The summed E-state index contributed by atoms with van der Waals surface area (Å²) in [7, 11) is 0. The molecule has 0 spiro atoms. The van der Waals surface area contributed by atoms with Gasteiger partial charge in [-0.25, -0.2) is 9.97 Å². The monoisotopic (exact) mass is 409 g/mol. The van der Waals surface area contributed by atoms with Crippen molar-refractivity contribution in [2.24, 2.45) is 0 Å². The number of carbonyl (C=O) groups is 1. The highest BCUT2D eigenvalue weighted by Gasteiger charge is 2.38. The number of hydrogen-bond acceptors (Lipinski definition) is 8. The van der Waals surface area contributed by atoms with Crippen LogP contribution in [-0.4, -0.2) is 67.6 Å². The molecule has 2 atom stereocenters. The molecule has 5 heterocycles. The van der Waals surface area contributed by atoms with E-state index in [1.807, 2.05) is 18.2 Å². The molecular formula is C21H23N5O4. The molecular weight excluding hydrogens is 386 g/mol. The van der Waals surface area contributed by atoms with Gasteiger partial charge in [0.2, 0.25) is 6.79 Å². The van der Waals surface area contributed by atoms with Crippen LogP contribution in [0.15, 0.2) is 18.2 Å². The van der Waals surface area contributed by atoms with Gasteiger partial charge in [-0.2, -0.15) is 0 Å². The molecule has 1 aromatic heterocycles. The van der Waals surface area contributed by atoms with Crippen LogP contribution in [0.1, 0.15) is 27.4 Å². The van der Waals surface area contributed by atoms with Crippen LogP contribution in [-0.2, 0) is 17.6 Å². The van der Waals surface area contributed by atoms with Crippen molar-refractivity contribution >= 4 is 11.7 Å². The second-order valence-corrected chi connectivity index (χ2v) is 8.04. The summed E-state index contributed by atoms with van der Waals surface area (Å²) in [6.45, 7) is 4.04. The lowest BCUT2D eigenvalue weighted by molar-refractivity contribution is 0.0212. The summed E-state index contributed by atoms with van der Waals surface area (Å²) in [6.07, 6.45) is 1.40. The van der Waals surface area contributed by atoms with Crippen molar-refractivity contribution in [1.29, 1.82) is 0 Å². The van der Waals surface area contributed by atoms with E-state index in [1.165, 1.54) is 0 Å². The summed E-state index contributed by atoms with van der Waals surface area (Å²) >= 11 is 0. The van der Waals surface area contributed by atoms with Crippen LogP contribution in [0.4, 0.5) is 5.82 Å². The van der Waals surface area contributed by atoms with E-state index < -0.39 is 0 Å². The van der Waals surface area contributed by atoms with Gasteiger partial charge in [0.05, 0.1) is 18.8 Å².